The fourth-order valence-electron chi connectivity index (χ4n) is 0.819. The zero-order valence-electron chi connectivity index (χ0n) is 9.90. The van der Waals surface area contributed by atoms with Crippen LogP contribution in [0.1, 0.15) is 41.0 Å². The fraction of sp³-hybridized carbons (Fsp3) is 0.750. The quantitative estimate of drug-likeness (QED) is 0.695. The number of hydrogen-bond donors (Lipinski definition) is 1. The molecule has 0 aromatic rings. The normalized spacial score (nSPS) is 15.7. The molecule has 0 aliphatic rings. The number of terminal acetylenes is 1. The van der Waals surface area contributed by atoms with Gasteiger partial charge in [-0.05, 0) is 13.3 Å². The fourth-order valence-corrected chi connectivity index (χ4v) is 0.819. The van der Waals surface area contributed by atoms with Gasteiger partial charge in [0.25, 0.3) is 0 Å². The molecular formula is C12H21NO. The molecule has 0 aromatic carbocycles. The molecule has 0 saturated heterocycles. The maximum Gasteiger partial charge on any atom is 0.151 e. The highest BCUT2D eigenvalue weighted by Crippen LogP contribution is 2.15. The molecule has 0 saturated carbocycles. The summed E-state index contributed by atoms with van der Waals surface area (Å²) in [7, 11) is 0. The molecule has 0 rings (SSSR count). The maximum absolute atomic E-state index is 11.6. The molecule has 0 spiro atoms. The number of carbonyl (C=O) groups is 1. The van der Waals surface area contributed by atoms with Gasteiger partial charge < -0.3 is 0 Å². The molecule has 0 aliphatic heterocycles. The Kier molecular flexibility index (Phi) is 4.35. The summed E-state index contributed by atoms with van der Waals surface area (Å²) in [5.74, 6) is 2.86. The molecule has 0 amide bonds. The minimum absolute atomic E-state index is 0.187. The highest BCUT2D eigenvalue weighted by atomic mass is 16.1. The second-order valence-corrected chi connectivity index (χ2v) is 4.86. The van der Waals surface area contributed by atoms with Gasteiger partial charge in [-0.1, -0.05) is 33.6 Å². The highest BCUT2D eigenvalue weighted by molar-refractivity contribution is 5.85. The van der Waals surface area contributed by atoms with Gasteiger partial charge in [-0.2, -0.15) is 0 Å². The van der Waals surface area contributed by atoms with Crippen molar-refractivity contribution < 1.29 is 4.79 Å². The lowest BCUT2D eigenvalue weighted by molar-refractivity contribution is -0.125. The van der Waals surface area contributed by atoms with E-state index < -0.39 is 0 Å². The van der Waals surface area contributed by atoms with Gasteiger partial charge in [0.15, 0.2) is 5.78 Å². The van der Waals surface area contributed by atoms with Crippen LogP contribution in [0.3, 0.4) is 0 Å². The Hall–Kier alpha value is -0.810. The van der Waals surface area contributed by atoms with Crippen molar-refractivity contribution in [3.05, 3.63) is 0 Å². The van der Waals surface area contributed by atoms with E-state index >= 15 is 0 Å². The number of hydrogen-bond acceptors (Lipinski definition) is 2. The third-order valence-corrected chi connectivity index (χ3v) is 2.50. The Morgan fingerprint density at radius 3 is 2.14 bits per heavy atom. The van der Waals surface area contributed by atoms with Crippen LogP contribution in [0.5, 0.6) is 0 Å². The smallest absolute Gasteiger partial charge is 0.151 e. The summed E-state index contributed by atoms with van der Waals surface area (Å²) in [6.45, 7) is 10.0. The largest absolute Gasteiger partial charge is 0.298 e. The Morgan fingerprint density at radius 2 is 1.86 bits per heavy atom. The summed E-state index contributed by atoms with van der Waals surface area (Å²) >= 11 is 0. The summed E-state index contributed by atoms with van der Waals surface area (Å²) in [5.41, 5.74) is -0.656. The van der Waals surface area contributed by atoms with Gasteiger partial charge in [0.05, 0.1) is 12.1 Å². The molecule has 0 fully saturated rings. The van der Waals surface area contributed by atoms with Gasteiger partial charge in [0, 0.05) is 5.41 Å². The van der Waals surface area contributed by atoms with Crippen molar-refractivity contribution in [2.45, 2.75) is 46.6 Å². The van der Waals surface area contributed by atoms with Gasteiger partial charge in [0.2, 0.25) is 0 Å². The SMILES string of the molecule is C#C[C@](C)(CC)NCC(=O)C(C)(C)C. The van der Waals surface area contributed by atoms with E-state index in [2.05, 4.69) is 11.2 Å². The Bertz CT molecular complexity index is 244. The van der Waals surface area contributed by atoms with Crippen LogP contribution in [0.25, 0.3) is 0 Å². The number of Topliss-reactive ketones (excluding diaryl/α,β-unsaturated/α-hetero) is 1. The predicted octanol–water partition coefficient (Wildman–Crippen LogP) is 1.99. The Morgan fingerprint density at radius 1 is 1.36 bits per heavy atom. The summed E-state index contributed by atoms with van der Waals surface area (Å²) in [5, 5.41) is 3.12. The lowest BCUT2D eigenvalue weighted by Crippen LogP contribution is -2.45. The molecule has 0 unspecified atom stereocenters. The van der Waals surface area contributed by atoms with E-state index in [1.54, 1.807) is 0 Å². The molecule has 0 bridgehead atoms. The van der Waals surface area contributed by atoms with Gasteiger partial charge in [-0.3, -0.25) is 10.1 Å². The van der Waals surface area contributed by atoms with Crippen LogP contribution in [0.4, 0.5) is 0 Å². The van der Waals surface area contributed by atoms with Crippen LogP contribution >= 0.6 is 0 Å². The molecule has 0 aromatic heterocycles. The van der Waals surface area contributed by atoms with Gasteiger partial charge >= 0.3 is 0 Å². The first-order valence-corrected chi connectivity index (χ1v) is 5.01. The first kappa shape index (κ1) is 13.2. The van der Waals surface area contributed by atoms with E-state index in [0.717, 1.165) is 6.42 Å². The monoisotopic (exact) mass is 195 g/mol. The van der Waals surface area contributed by atoms with E-state index in [9.17, 15) is 4.79 Å². The number of ketones is 1. The molecular weight excluding hydrogens is 174 g/mol. The first-order chi connectivity index (χ1) is 6.25. The number of nitrogens with one attached hydrogen (secondary N) is 1. The van der Waals surface area contributed by atoms with Crippen LogP contribution in [0.15, 0.2) is 0 Å². The molecule has 0 heterocycles. The number of rotatable bonds is 4. The lowest BCUT2D eigenvalue weighted by atomic mass is 9.90. The molecule has 2 heteroatoms. The van der Waals surface area contributed by atoms with Crippen molar-refractivity contribution >= 4 is 5.78 Å². The van der Waals surface area contributed by atoms with Crippen LogP contribution in [-0.4, -0.2) is 17.9 Å². The van der Waals surface area contributed by atoms with Crippen LogP contribution in [0.2, 0.25) is 0 Å². The zero-order valence-corrected chi connectivity index (χ0v) is 9.90. The molecule has 1 atom stereocenters. The molecule has 14 heavy (non-hydrogen) atoms. The van der Waals surface area contributed by atoms with Crippen molar-refractivity contribution in [3.8, 4) is 12.3 Å². The lowest BCUT2D eigenvalue weighted by Gasteiger charge is -2.25. The van der Waals surface area contributed by atoms with E-state index in [0.29, 0.717) is 6.54 Å². The average molecular weight is 195 g/mol. The zero-order chi connectivity index (χ0) is 11.4. The third-order valence-electron chi connectivity index (χ3n) is 2.50. The highest BCUT2D eigenvalue weighted by Gasteiger charge is 2.24. The Labute approximate surface area is 87.5 Å². The van der Waals surface area contributed by atoms with Gasteiger partial charge in [-0.15, -0.1) is 6.42 Å². The van der Waals surface area contributed by atoms with E-state index in [4.69, 9.17) is 6.42 Å². The second-order valence-electron chi connectivity index (χ2n) is 4.86. The third kappa shape index (κ3) is 3.93. The van der Waals surface area contributed by atoms with Crippen molar-refractivity contribution in [3.63, 3.8) is 0 Å². The topological polar surface area (TPSA) is 29.1 Å². The Balaban J connectivity index is 4.21. The van der Waals surface area contributed by atoms with E-state index in [1.807, 2.05) is 34.6 Å². The van der Waals surface area contributed by atoms with E-state index in [1.165, 1.54) is 0 Å². The summed E-state index contributed by atoms with van der Waals surface area (Å²) in [4.78, 5) is 11.6. The summed E-state index contributed by atoms with van der Waals surface area (Å²) in [6.07, 6.45) is 6.21. The predicted molar refractivity (Wildman–Crippen MR) is 60.0 cm³/mol. The maximum atomic E-state index is 11.6. The van der Waals surface area contributed by atoms with Crippen molar-refractivity contribution in [1.82, 2.24) is 5.32 Å². The van der Waals surface area contributed by atoms with E-state index in [-0.39, 0.29) is 16.7 Å². The van der Waals surface area contributed by atoms with Crippen LogP contribution in [0, 0.1) is 17.8 Å². The van der Waals surface area contributed by atoms with Crippen molar-refractivity contribution in [2.75, 3.05) is 6.54 Å². The average Bonchev–Trinajstić information content (AvgIpc) is 2.12. The molecule has 1 N–H and O–H groups in total. The molecule has 0 radical (unpaired) electrons. The second kappa shape index (κ2) is 4.61. The minimum atomic E-state index is -0.360. The van der Waals surface area contributed by atoms with Crippen molar-refractivity contribution in [2.24, 2.45) is 5.41 Å². The summed E-state index contributed by atoms with van der Waals surface area (Å²) in [6, 6.07) is 0. The van der Waals surface area contributed by atoms with Crippen LogP contribution in [-0.2, 0) is 4.79 Å². The summed E-state index contributed by atoms with van der Waals surface area (Å²) < 4.78 is 0. The van der Waals surface area contributed by atoms with Crippen molar-refractivity contribution in [1.29, 1.82) is 0 Å². The molecule has 0 aliphatic carbocycles. The van der Waals surface area contributed by atoms with Crippen LogP contribution < -0.4 is 5.32 Å². The minimum Gasteiger partial charge on any atom is -0.298 e. The molecule has 80 valence electrons. The number of carbonyl (C=O) groups excluding carboxylic acids is 1. The van der Waals surface area contributed by atoms with Gasteiger partial charge in [-0.25, -0.2) is 0 Å². The molecule has 2 nitrogen and oxygen atoms in total. The first-order valence-electron chi connectivity index (χ1n) is 5.01. The standard InChI is InChI=1S/C12H21NO/c1-7-12(6,8-2)13-9-10(14)11(3,4)5/h1,13H,8-9H2,2-6H3/t12-/m1/s1. The van der Waals surface area contributed by atoms with Gasteiger partial charge in [0.1, 0.15) is 0 Å².